The zero-order valence-corrected chi connectivity index (χ0v) is 17.0. The molecular weight excluding hydrogens is 398 g/mol. The normalized spacial score (nSPS) is 17.2. The van der Waals surface area contributed by atoms with Crippen LogP contribution in [0, 0.1) is 0 Å². The van der Waals surface area contributed by atoms with Crippen LogP contribution in [0.4, 0.5) is 16.3 Å². The predicted molar refractivity (Wildman–Crippen MR) is 115 cm³/mol. The van der Waals surface area contributed by atoms with E-state index in [-0.39, 0.29) is 5.70 Å². The largest absolute Gasteiger partial charge is 0.367 e. The molecule has 0 atom stereocenters. The molecule has 1 aliphatic carbocycles. The van der Waals surface area contributed by atoms with Crippen LogP contribution >= 0.6 is 0 Å². The van der Waals surface area contributed by atoms with Crippen molar-refractivity contribution in [1.29, 1.82) is 0 Å². The second-order valence-corrected chi connectivity index (χ2v) is 7.48. The number of amides is 3. The fraction of sp³-hybridized carbons (Fsp3) is 0.238. The van der Waals surface area contributed by atoms with Gasteiger partial charge < -0.3 is 10.6 Å². The molecule has 2 aromatic heterocycles. The lowest BCUT2D eigenvalue weighted by Gasteiger charge is -2.17. The second kappa shape index (κ2) is 7.40. The lowest BCUT2D eigenvalue weighted by Crippen LogP contribution is -2.22. The minimum Gasteiger partial charge on any atom is -0.367 e. The number of fused-ring (bicyclic) bond motifs is 1. The van der Waals surface area contributed by atoms with Gasteiger partial charge in [0, 0.05) is 30.3 Å². The Morgan fingerprint density at radius 3 is 2.81 bits per heavy atom. The van der Waals surface area contributed by atoms with Gasteiger partial charge in [-0.05, 0) is 31.1 Å². The van der Waals surface area contributed by atoms with E-state index in [9.17, 15) is 9.59 Å². The van der Waals surface area contributed by atoms with E-state index >= 15 is 0 Å². The minimum atomic E-state index is -0.545. The van der Waals surface area contributed by atoms with Crippen molar-refractivity contribution in [2.75, 3.05) is 24.5 Å². The van der Waals surface area contributed by atoms with Crippen LogP contribution in [0.5, 0.6) is 0 Å². The first kappa shape index (κ1) is 19.1. The third-order valence-corrected chi connectivity index (χ3v) is 5.23. The number of imide groups is 1. The second-order valence-electron chi connectivity index (χ2n) is 7.48. The van der Waals surface area contributed by atoms with E-state index in [1.807, 2.05) is 37.4 Å². The Labute approximate surface area is 177 Å². The SMILES string of the molecule is CON(C)c1cccc(-c2cc(NC3CC3)n3ncc(/C=C4\NC(=O)NC4=O)c3n2)c1. The molecule has 31 heavy (non-hydrogen) atoms. The molecule has 1 saturated carbocycles. The van der Waals surface area contributed by atoms with Crippen LogP contribution in [0.25, 0.3) is 23.0 Å². The molecule has 3 heterocycles. The number of aromatic nitrogens is 3. The third-order valence-electron chi connectivity index (χ3n) is 5.23. The van der Waals surface area contributed by atoms with E-state index in [0.29, 0.717) is 17.3 Å². The maximum absolute atomic E-state index is 11.9. The summed E-state index contributed by atoms with van der Waals surface area (Å²) in [6.45, 7) is 0. The maximum Gasteiger partial charge on any atom is 0.326 e. The van der Waals surface area contributed by atoms with Crippen LogP contribution in [0.2, 0.25) is 0 Å². The fourth-order valence-electron chi connectivity index (χ4n) is 3.37. The molecule has 0 unspecified atom stereocenters. The fourth-order valence-corrected chi connectivity index (χ4v) is 3.37. The van der Waals surface area contributed by atoms with Gasteiger partial charge in [0.05, 0.1) is 24.7 Å². The molecule has 0 bridgehead atoms. The molecule has 2 fully saturated rings. The van der Waals surface area contributed by atoms with E-state index in [0.717, 1.165) is 35.6 Å². The first-order valence-electron chi connectivity index (χ1n) is 9.89. The molecule has 3 N–H and O–H groups in total. The highest BCUT2D eigenvalue weighted by molar-refractivity contribution is 6.14. The number of carbonyl (C=O) groups excluding carboxylic acids is 2. The summed E-state index contributed by atoms with van der Waals surface area (Å²) in [5.74, 6) is 0.338. The van der Waals surface area contributed by atoms with Gasteiger partial charge in [-0.3, -0.25) is 20.0 Å². The van der Waals surface area contributed by atoms with Gasteiger partial charge in [0.25, 0.3) is 5.91 Å². The van der Waals surface area contributed by atoms with E-state index in [1.165, 1.54) is 0 Å². The Balaban J connectivity index is 1.63. The molecular formula is C21H21N7O3. The lowest BCUT2D eigenvalue weighted by molar-refractivity contribution is -0.115. The maximum atomic E-state index is 11.9. The molecule has 3 aromatic rings. The first-order valence-corrected chi connectivity index (χ1v) is 9.89. The highest BCUT2D eigenvalue weighted by Crippen LogP contribution is 2.30. The van der Waals surface area contributed by atoms with Crippen molar-refractivity contribution in [3.05, 3.63) is 47.8 Å². The highest BCUT2D eigenvalue weighted by atomic mass is 16.7. The average molecular weight is 419 g/mol. The Morgan fingerprint density at radius 1 is 1.26 bits per heavy atom. The van der Waals surface area contributed by atoms with Gasteiger partial charge in [0.15, 0.2) is 5.65 Å². The number of hydroxylamine groups is 1. The van der Waals surface area contributed by atoms with Gasteiger partial charge in [0.1, 0.15) is 11.5 Å². The number of nitrogens with zero attached hydrogens (tertiary/aromatic N) is 4. The highest BCUT2D eigenvalue weighted by Gasteiger charge is 2.25. The summed E-state index contributed by atoms with van der Waals surface area (Å²) in [6.07, 6.45) is 5.43. The minimum absolute atomic E-state index is 0.160. The molecule has 3 amide bonds. The van der Waals surface area contributed by atoms with Crippen LogP contribution in [0.15, 0.2) is 42.2 Å². The van der Waals surface area contributed by atoms with Crippen molar-refractivity contribution < 1.29 is 14.4 Å². The summed E-state index contributed by atoms with van der Waals surface area (Å²) in [4.78, 5) is 33.5. The smallest absolute Gasteiger partial charge is 0.326 e. The summed E-state index contributed by atoms with van der Waals surface area (Å²) in [7, 11) is 3.44. The number of carbonyl (C=O) groups is 2. The van der Waals surface area contributed by atoms with Gasteiger partial charge in [-0.15, -0.1) is 0 Å². The van der Waals surface area contributed by atoms with Crippen LogP contribution in [-0.2, 0) is 9.63 Å². The van der Waals surface area contributed by atoms with Gasteiger partial charge in [-0.25, -0.2) is 9.78 Å². The third kappa shape index (κ3) is 3.68. The molecule has 1 aliphatic heterocycles. The first-order chi connectivity index (χ1) is 15.0. The van der Waals surface area contributed by atoms with E-state index in [1.54, 1.807) is 29.0 Å². The van der Waals surface area contributed by atoms with Gasteiger partial charge >= 0.3 is 6.03 Å². The Hall–Kier alpha value is -3.92. The average Bonchev–Trinajstić information content (AvgIpc) is 3.41. The summed E-state index contributed by atoms with van der Waals surface area (Å²) < 4.78 is 1.72. The Kier molecular flexibility index (Phi) is 4.55. The van der Waals surface area contributed by atoms with E-state index in [2.05, 4.69) is 21.0 Å². The summed E-state index contributed by atoms with van der Waals surface area (Å²) in [5, 5.41) is 14.3. The number of rotatable bonds is 6. The van der Waals surface area contributed by atoms with Gasteiger partial charge in [0.2, 0.25) is 0 Å². The zero-order chi connectivity index (χ0) is 21.5. The molecule has 1 saturated heterocycles. The molecule has 10 nitrogen and oxygen atoms in total. The van der Waals surface area contributed by atoms with Gasteiger partial charge in [-0.1, -0.05) is 12.1 Å². The van der Waals surface area contributed by atoms with Crippen molar-refractivity contribution >= 4 is 35.2 Å². The Bertz CT molecular complexity index is 1230. The molecule has 1 aromatic carbocycles. The lowest BCUT2D eigenvalue weighted by atomic mass is 10.1. The monoisotopic (exact) mass is 419 g/mol. The number of urea groups is 1. The topological polar surface area (TPSA) is 113 Å². The number of anilines is 2. The molecule has 2 aliphatic rings. The van der Waals surface area contributed by atoms with Crippen molar-refractivity contribution in [1.82, 2.24) is 25.2 Å². The quantitative estimate of drug-likeness (QED) is 0.319. The van der Waals surface area contributed by atoms with Crippen molar-refractivity contribution in [3.63, 3.8) is 0 Å². The molecule has 158 valence electrons. The number of benzene rings is 1. The van der Waals surface area contributed by atoms with Crippen molar-refractivity contribution in [3.8, 4) is 11.3 Å². The summed E-state index contributed by atoms with van der Waals surface area (Å²) in [5.41, 5.74) is 3.91. The molecule has 10 heteroatoms. The molecule has 5 rings (SSSR count). The van der Waals surface area contributed by atoms with Crippen molar-refractivity contribution in [2.45, 2.75) is 18.9 Å². The molecule has 0 spiro atoms. The standard InChI is InChI=1S/C21H21N7O3/c1-27(31-2)15-5-3-4-12(8-15)16-10-18(23-14-6-7-14)28-19(24-16)13(11-22-28)9-17-20(29)26-21(30)25-17/h3-5,8-11,14,23H,6-7H2,1-2H3,(H2,25,26,29,30)/b17-9-. The van der Waals surface area contributed by atoms with Gasteiger partial charge in [-0.2, -0.15) is 9.61 Å². The van der Waals surface area contributed by atoms with Crippen LogP contribution < -0.4 is 21.0 Å². The van der Waals surface area contributed by atoms with Crippen LogP contribution in [0.1, 0.15) is 18.4 Å². The number of hydrogen-bond donors (Lipinski definition) is 3. The Morgan fingerprint density at radius 2 is 2.10 bits per heavy atom. The number of nitrogens with one attached hydrogen (secondary N) is 3. The zero-order valence-electron chi connectivity index (χ0n) is 17.0. The molecule has 0 radical (unpaired) electrons. The number of hydrogen-bond acceptors (Lipinski definition) is 7. The van der Waals surface area contributed by atoms with E-state index < -0.39 is 11.9 Å². The summed E-state index contributed by atoms with van der Waals surface area (Å²) in [6, 6.07) is 9.69. The van der Waals surface area contributed by atoms with Crippen LogP contribution in [0.3, 0.4) is 0 Å². The predicted octanol–water partition coefficient (Wildman–Crippen LogP) is 2.15. The van der Waals surface area contributed by atoms with E-state index in [4.69, 9.17) is 9.82 Å². The van der Waals surface area contributed by atoms with Crippen molar-refractivity contribution in [2.24, 2.45) is 0 Å². The van der Waals surface area contributed by atoms with Crippen LogP contribution in [-0.4, -0.2) is 46.7 Å². The summed E-state index contributed by atoms with van der Waals surface area (Å²) >= 11 is 0.